The van der Waals surface area contributed by atoms with Crippen molar-refractivity contribution in [1.82, 2.24) is 10.2 Å². The van der Waals surface area contributed by atoms with E-state index in [9.17, 15) is 5.11 Å². The molecule has 4 aliphatic rings. The summed E-state index contributed by atoms with van der Waals surface area (Å²) in [5.74, 6) is 1.29. The van der Waals surface area contributed by atoms with Gasteiger partial charge in [-0.1, -0.05) is 6.07 Å². The van der Waals surface area contributed by atoms with Gasteiger partial charge in [-0.25, -0.2) is 0 Å². The molecule has 3 heterocycles. The van der Waals surface area contributed by atoms with Crippen LogP contribution in [0.25, 0.3) is 0 Å². The molecule has 1 aromatic carbocycles. The van der Waals surface area contributed by atoms with Crippen molar-refractivity contribution in [3.8, 4) is 5.75 Å². The molecule has 108 valence electrons. The molecule has 0 radical (unpaired) electrons. The van der Waals surface area contributed by atoms with Gasteiger partial charge in [-0.2, -0.15) is 0 Å². The highest BCUT2D eigenvalue weighted by Gasteiger charge is 2.35. The molecule has 1 aromatic rings. The smallest absolute Gasteiger partial charge is 0.115 e. The Labute approximate surface area is 121 Å². The highest BCUT2D eigenvalue weighted by atomic mass is 16.3. The fraction of sp³-hybridized carbons (Fsp3) is 0.647. The quantitative estimate of drug-likeness (QED) is 0.868. The predicted octanol–water partition coefficient (Wildman–Crippen LogP) is 2.45. The summed E-state index contributed by atoms with van der Waals surface area (Å²) in [4.78, 5) is 2.61. The number of aryl methyl sites for hydroxylation is 1. The highest BCUT2D eigenvalue weighted by molar-refractivity contribution is 5.38. The van der Waals surface area contributed by atoms with Crippen molar-refractivity contribution < 1.29 is 5.11 Å². The van der Waals surface area contributed by atoms with Gasteiger partial charge in [0.1, 0.15) is 5.75 Å². The van der Waals surface area contributed by atoms with Gasteiger partial charge in [0.05, 0.1) is 0 Å². The van der Waals surface area contributed by atoms with Crippen LogP contribution in [0.1, 0.15) is 42.9 Å². The maximum absolute atomic E-state index is 9.65. The molecule has 0 aromatic heterocycles. The lowest BCUT2D eigenvalue weighted by Crippen LogP contribution is -2.56. The van der Waals surface area contributed by atoms with Gasteiger partial charge in [0.2, 0.25) is 0 Å². The van der Waals surface area contributed by atoms with Gasteiger partial charge < -0.3 is 15.3 Å². The number of fused-ring (bicyclic) bond motifs is 4. The van der Waals surface area contributed by atoms with Crippen LogP contribution in [-0.2, 0) is 6.42 Å². The summed E-state index contributed by atoms with van der Waals surface area (Å²) >= 11 is 0. The van der Waals surface area contributed by atoms with E-state index in [4.69, 9.17) is 0 Å². The Morgan fingerprint density at radius 2 is 2.00 bits per heavy atom. The van der Waals surface area contributed by atoms with Gasteiger partial charge in [-0.05, 0) is 74.4 Å². The largest absolute Gasteiger partial charge is 0.508 e. The molecule has 3 aliphatic heterocycles. The molecular weight excluding hydrogens is 248 g/mol. The van der Waals surface area contributed by atoms with Crippen LogP contribution < -0.4 is 5.32 Å². The van der Waals surface area contributed by atoms with Crippen molar-refractivity contribution in [2.45, 2.75) is 44.2 Å². The van der Waals surface area contributed by atoms with Crippen LogP contribution in [0.5, 0.6) is 5.75 Å². The fourth-order valence-electron chi connectivity index (χ4n) is 4.39. The lowest BCUT2D eigenvalue weighted by Gasteiger charge is -2.46. The van der Waals surface area contributed by atoms with E-state index in [1.165, 1.54) is 56.4 Å². The second kappa shape index (κ2) is 5.05. The minimum absolute atomic E-state index is 0.409. The average Bonchev–Trinajstić information content (AvgIpc) is 2.48. The van der Waals surface area contributed by atoms with Crippen LogP contribution in [0.2, 0.25) is 0 Å². The first-order valence-electron chi connectivity index (χ1n) is 8.10. The SMILES string of the molecule is Oc1ccc2c(c1)CCCC2NC1CN2CCC1CC2. The molecule has 1 aliphatic carbocycles. The Hall–Kier alpha value is -1.06. The third-order valence-corrected chi connectivity index (χ3v) is 5.51. The number of phenolic OH excluding ortho intramolecular Hbond substituents is 1. The van der Waals surface area contributed by atoms with Crippen LogP contribution >= 0.6 is 0 Å². The number of rotatable bonds is 2. The van der Waals surface area contributed by atoms with E-state index >= 15 is 0 Å². The van der Waals surface area contributed by atoms with Crippen molar-refractivity contribution in [2.24, 2.45) is 5.92 Å². The van der Waals surface area contributed by atoms with Gasteiger partial charge in [0.25, 0.3) is 0 Å². The topological polar surface area (TPSA) is 35.5 Å². The van der Waals surface area contributed by atoms with Crippen molar-refractivity contribution >= 4 is 0 Å². The summed E-state index contributed by atoms with van der Waals surface area (Å²) in [7, 11) is 0. The number of nitrogens with zero attached hydrogens (tertiary/aromatic N) is 1. The van der Waals surface area contributed by atoms with E-state index in [0.717, 1.165) is 12.3 Å². The van der Waals surface area contributed by atoms with Crippen LogP contribution in [0.4, 0.5) is 0 Å². The number of nitrogens with one attached hydrogen (secondary N) is 1. The molecule has 2 N–H and O–H groups in total. The minimum Gasteiger partial charge on any atom is -0.508 e. The summed E-state index contributed by atoms with van der Waals surface area (Å²) in [6, 6.07) is 7.09. The van der Waals surface area contributed by atoms with Crippen molar-refractivity contribution in [3.05, 3.63) is 29.3 Å². The number of phenols is 1. The molecular formula is C17H24N2O. The molecule has 0 spiro atoms. The highest BCUT2D eigenvalue weighted by Crippen LogP contribution is 2.35. The van der Waals surface area contributed by atoms with Gasteiger partial charge in [0.15, 0.2) is 0 Å². The van der Waals surface area contributed by atoms with E-state index in [1.807, 2.05) is 12.1 Å². The van der Waals surface area contributed by atoms with Gasteiger partial charge >= 0.3 is 0 Å². The maximum Gasteiger partial charge on any atom is 0.115 e. The second-order valence-electron chi connectivity index (χ2n) is 6.74. The zero-order valence-corrected chi connectivity index (χ0v) is 12.0. The van der Waals surface area contributed by atoms with Crippen LogP contribution in [0.3, 0.4) is 0 Å². The second-order valence-corrected chi connectivity index (χ2v) is 6.74. The molecule has 2 bridgehead atoms. The first-order valence-corrected chi connectivity index (χ1v) is 8.10. The Kier molecular flexibility index (Phi) is 3.20. The summed E-state index contributed by atoms with van der Waals surface area (Å²) in [6.07, 6.45) is 6.32. The first kappa shape index (κ1) is 12.7. The van der Waals surface area contributed by atoms with Crippen molar-refractivity contribution in [3.63, 3.8) is 0 Å². The summed E-state index contributed by atoms with van der Waals surface area (Å²) in [5, 5.41) is 13.6. The molecule has 3 fully saturated rings. The summed E-state index contributed by atoms with van der Waals surface area (Å²) < 4.78 is 0. The average molecular weight is 272 g/mol. The van der Waals surface area contributed by atoms with Crippen LogP contribution in [0, 0.1) is 5.92 Å². The van der Waals surface area contributed by atoms with E-state index < -0.39 is 0 Å². The van der Waals surface area contributed by atoms with Gasteiger partial charge in [0, 0.05) is 18.6 Å². The number of piperidine rings is 3. The van der Waals surface area contributed by atoms with E-state index in [-0.39, 0.29) is 0 Å². The fourth-order valence-corrected chi connectivity index (χ4v) is 4.39. The molecule has 3 saturated heterocycles. The Morgan fingerprint density at radius 3 is 2.75 bits per heavy atom. The van der Waals surface area contributed by atoms with Crippen LogP contribution in [0.15, 0.2) is 18.2 Å². The number of aromatic hydroxyl groups is 1. The molecule has 3 nitrogen and oxygen atoms in total. The van der Waals surface area contributed by atoms with E-state index in [0.29, 0.717) is 17.8 Å². The Balaban J connectivity index is 1.53. The van der Waals surface area contributed by atoms with E-state index in [1.54, 1.807) is 0 Å². The third-order valence-electron chi connectivity index (χ3n) is 5.51. The lowest BCUT2D eigenvalue weighted by molar-refractivity contribution is 0.0657. The molecule has 0 amide bonds. The standard InChI is InChI=1S/C17H24N2O/c20-14-4-5-15-13(10-14)2-1-3-16(15)18-17-11-19-8-6-12(17)7-9-19/h4-5,10,12,16-18,20H,1-3,6-9,11H2. The zero-order chi connectivity index (χ0) is 13.5. The lowest BCUT2D eigenvalue weighted by atomic mass is 9.81. The molecule has 0 saturated carbocycles. The van der Waals surface area contributed by atoms with E-state index in [2.05, 4.69) is 16.3 Å². The molecule has 2 atom stereocenters. The zero-order valence-electron chi connectivity index (χ0n) is 12.0. The van der Waals surface area contributed by atoms with Gasteiger partial charge in [-0.15, -0.1) is 0 Å². The third kappa shape index (κ3) is 2.23. The predicted molar refractivity (Wildman–Crippen MR) is 79.9 cm³/mol. The summed E-state index contributed by atoms with van der Waals surface area (Å²) in [5.41, 5.74) is 2.76. The van der Waals surface area contributed by atoms with Crippen molar-refractivity contribution in [2.75, 3.05) is 19.6 Å². The van der Waals surface area contributed by atoms with Crippen LogP contribution in [-0.4, -0.2) is 35.7 Å². The van der Waals surface area contributed by atoms with Gasteiger partial charge in [-0.3, -0.25) is 0 Å². The Morgan fingerprint density at radius 1 is 1.15 bits per heavy atom. The molecule has 20 heavy (non-hydrogen) atoms. The van der Waals surface area contributed by atoms with Crippen molar-refractivity contribution in [1.29, 1.82) is 0 Å². The molecule has 5 rings (SSSR count). The monoisotopic (exact) mass is 272 g/mol. The maximum atomic E-state index is 9.65. The Bertz CT molecular complexity index is 494. The summed E-state index contributed by atoms with van der Waals surface area (Å²) in [6.45, 7) is 3.84. The normalized spacial score (nSPS) is 35.8. The molecule has 2 unspecified atom stereocenters. The number of hydrogen-bond acceptors (Lipinski definition) is 3. The number of hydrogen-bond donors (Lipinski definition) is 2. The first-order chi connectivity index (χ1) is 9.79. The number of benzene rings is 1. The molecule has 3 heteroatoms. The minimum atomic E-state index is 0.409.